The SMILES string of the molecule is O=C(Cc1ccc(S(=O)(=O)N2CCCC2)s1)Nc1ccc2c(c1)OCCCO2. The Morgan fingerprint density at radius 3 is 2.57 bits per heavy atom. The molecule has 150 valence electrons. The highest BCUT2D eigenvalue weighted by atomic mass is 32.2. The lowest BCUT2D eigenvalue weighted by molar-refractivity contribution is -0.115. The number of benzene rings is 1. The molecule has 1 aromatic heterocycles. The Hall–Kier alpha value is -2.10. The van der Waals surface area contributed by atoms with Crippen LogP contribution in [-0.2, 0) is 21.2 Å². The predicted molar refractivity (Wildman–Crippen MR) is 107 cm³/mol. The van der Waals surface area contributed by atoms with Gasteiger partial charge < -0.3 is 14.8 Å². The lowest BCUT2D eigenvalue weighted by Crippen LogP contribution is -2.27. The van der Waals surface area contributed by atoms with E-state index in [0.29, 0.717) is 52.6 Å². The molecule has 1 aromatic carbocycles. The second kappa shape index (κ2) is 8.10. The molecular formula is C19H22N2O5S2. The normalized spacial score (nSPS) is 17.3. The molecule has 1 amide bonds. The number of nitrogens with zero attached hydrogens (tertiary/aromatic N) is 1. The van der Waals surface area contributed by atoms with Gasteiger partial charge in [0.1, 0.15) is 4.21 Å². The average Bonchev–Trinajstić information content (AvgIpc) is 3.31. The number of sulfonamides is 1. The maximum Gasteiger partial charge on any atom is 0.252 e. The summed E-state index contributed by atoms with van der Waals surface area (Å²) in [6.45, 7) is 2.33. The smallest absolute Gasteiger partial charge is 0.252 e. The number of ether oxygens (including phenoxy) is 2. The summed E-state index contributed by atoms with van der Waals surface area (Å²) < 4.78 is 38.2. The van der Waals surface area contributed by atoms with Crippen LogP contribution in [0.2, 0.25) is 0 Å². The highest BCUT2D eigenvalue weighted by molar-refractivity contribution is 7.91. The Labute approximate surface area is 168 Å². The van der Waals surface area contributed by atoms with Crippen LogP contribution >= 0.6 is 11.3 Å². The molecule has 4 rings (SSSR count). The molecule has 1 N–H and O–H groups in total. The monoisotopic (exact) mass is 422 g/mol. The number of nitrogens with one attached hydrogen (secondary N) is 1. The van der Waals surface area contributed by atoms with Crippen molar-refractivity contribution in [2.75, 3.05) is 31.6 Å². The minimum absolute atomic E-state index is 0.120. The molecule has 1 fully saturated rings. The van der Waals surface area contributed by atoms with E-state index in [4.69, 9.17) is 9.47 Å². The van der Waals surface area contributed by atoms with Crippen LogP contribution in [0, 0.1) is 0 Å². The summed E-state index contributed by atoms with van der Waals surface area (Å²) in [4.78, 5) is 13.1. The predicted octanol–water partition coefficient (Wildman–Crippen LogP) is 2.88. The van der Waals surface area contributed by atoms with E-state index in [1.165, 1.54) is 4.31 Å². The van der Waals surface area contributed by atoms with Gasteiger partial charge in [-0.1, -0.05) is 0 Å². The zero-order chi connectivity index (χ0) is 19.6. The molecular weight excluding hydrogens is 400 g/mol. The number of amides is 1. The van der Waals surface area contributed by atoms with Gasteiger partial charge in [0.2, 0.25) is 5.91 Å². The average molecular weight is 423 g/mol. The summed E-state index contributed by atoms with van der Waals surface area (Å²) in [5, 5.41) is 2.84. The van der Waals surface area contributed by atoms with Gasteiger partial charge in [0.25, 0.3) is 10.0 Å². The van der Waals surface area contributed by atoms with E-state index in [1.807, 2.05) is 0 Å². The molecule has 2 aliphatic heterocycles. The minimum Gasteiger partial charge on any atom is -0.490 e. The Kier molecular flexibility index (Phi) is 5.56. The van der Waals surface area contributed by atoms with E-state index in [-0.39, 0.29) is 12.3 Å². The largest absolute Gasteiger partial charge is 0.490 e. The Bertz CT molecular complexity index is 964. The van der Waals surface area contributed by atoms with E-state index in [2.05, 4.69) is 5.32 Å². The summed E-state index contributed by atoms with van der Waals surface area (Å²) in [6.07, 6.45) is 2.73. The molecule has 0 spiro atoms. The summed E-state index contributed by atoms with van der Waals surface area (Å²) in [7, 11) is -3.44. The van der Waals surface area contributed by atoms with Crippen molar-refractivity contribution in [1.29, 1.82) is 0 Å². The third-order valence-electron chi connectivity index (χ3n) is 4.66. The summed E-state index contributed by atoms with van der Waals surface area (Å²) in [5.41, 5.74) is 0.621. The lowest BCUT2D eigenvalue weighted by Gasteiger charge is -2.13. The van der Waals surface area contributed by atoms with E-state index >= 15 is 0 Å². The first-order valence-corrected chi connectivity index (χ1v) is 11.6. The van der Waals surface area contributed by atoms with Crippen molar-refractivity contribution in [2.24, 2.45) is 0 Å². The molecule has 0 aliphatic carbocycles. The summed E-state index contributed by atoms with van der Waals surface area (Å²) in [6, 6.07) is 8.59. The maximum atomic E-state index is 12.6. The molecule has 0 unspecified atom stereocenters. The quantitative estimate of drug-likeness (QED) is 0.801. The standard InChI is InChI=1S/C19H22N2O5S2/c22-18(20-14-4-6-16-17(12-14)26-11-3-10-25-16)13-15-5-7-19(27-15)28(23,24)21-8-1-2-9-21/h4-7,12H,1-3,8-11,13H2,(H,20,22). The Morgan fingerprint density at radius 1 is 1.04 bits per heavy atom. The lowest BCUT2D eigenvalue weighted by atomic mass is 10.2. The minimum atomic E-state index is -3.44. The molecule has 28 heavy (non-hydrogen) atoms. The van der Waals surface area contributed by atoms with Crippen LogP contribution in [-0.4, -0.2) is 44.9 Å². The van der Waals surface area contributed by atoms with Crippen molar-refractivity contribution in [2.45, 2.75) is 29.9 Å². The van der Waals surface area contributed by atoms with Crippen molar-refractivity contribution in [3.8, 4) is 11.5 Å². The highest BCUT2D eigenvalue weighted by Gasteiger charge is 2.28. The zero-order valence-electron chi connectivity index (χ0n) is 15.3. The third kappa shape index (κ3) is 4.16. The van der Waals surface area contributed by atoms with Crippen molar-refractivity contribution in [1.82, 2.24) is 4.31 Å². The molecule has 1 saturated heterocycles. The Balaban J connectivity index is 1.41. The van der Waals surface area contributed by atoms with Crippen LogP contribution in [0.25, 0.3) is 0 Å². The van der Waals surface area contributed by atoms with E-state index in [9.17, 15) is 13.2 Å². The van der Waals surface area contributed by atoms with Crippen molar-refractivity contribution < 1.29 is 22.7 Å². The van der Waals surface area contributed by atoms with E-state index in [0.717, 1.165) is 30.6 Å². The number of carbonyl (C=O) groups is 1. The zero-order valence-corrected chi connectivity index (χ0v) is 17.0. The summed E-state index contributed by atoms with van der Waals surface area (Å²) in [5.74, 6) is 1.08. The molecule has 0 saturated carbocycles. The number of rotatable bonds is 5. The van der Waals surface area contributed by atoms with Gasteiger partial charge in [-0.2, -0.15) is 4.31 Å². The van der Waals surface area contributed by atoms with Gasteiger partial charge in [-0.25, -0.2) is 8.42 Å². The van der Waals surface area contributed by atoms with E-state index in [1.54, 1.807) is 30.3 Å². The number of hydrogen-bond acceptors (Lipinski definition) is 6. The topological polar surface area (TPSA) is 84.9 Å². The van der Waals surface area contributed by atoms with Crippen molar-refractivity contribution in [3.63, 3.8) is 0 Å². The molecule has 9 heteroatoms. The van der Waals surface area contributed by atoms with Gasteiger partial charge in [-0.3, -0.25) is 4.79 Å². The number of fused-ring (bicyclic) bond motifs is 1. The van der Waals surface area contributed by atoms with Crippen LogP contribution in [0.4, 0.5) is 5.69 Å². The van der Waals surface area contributed by atoms with Gasteiger partial charge in [0.05, 0.1) is 19.6 Å². The van der Waals surface area contributed by atoms with Gasteiger partial charge in [0.15, 0.2) is 11.5 Å². The molecule has 0 radical (unpaired) electrons. The van der Waals surface area contributed by atoms with Crippen molar-refractivity contribution in [3.05, 3.63) is 35.2 Å². The van der Waals surface area contributed by atoms with E-state index < -0.39 is 10.0 Å². The fourth-order valence-corrected chi connectivity index (χ4v) is 6.28. The molecule has 7 nitrogen and oxygen atoms in total. The Morgan fingerprint density at radius 2 is 1.79 bits per heavy atom. The second-order valence-corrected chi connectivity index (χ2v) is 10.1. The fraction of sp³-hybridized carbons (Fsp3) is 0.421. The second-order valence-electron chi connectivity index (χ2n) is 6.77. The third-order valence-corrected chi connectivity index (χ3v) is 8.11. The number of carbonyl (C=O) groups excluding carboxylic acids is 1. The maximum absolute atomic E-state index is 12.6. The molecule has 2 aliphatic rings. The van der Waals surface area contributed by atoms with Gasteiger partial charge in [0, 0.05) is 36.1 Å². The van der Waals surface area contributed by atoms with Crippen LogP contribution in [0.3, 0.4) is 0 Å². The first-order valence-electron chi connectivity index (χ1n) is 9.31. The first kappa shape index (κ1) is 19.2. The number of anilines is 1. The van der Waals surface area contributed by atoms with Crippen LogP contribution in [0.1, 0.15) is 24.1 Å². The first-order chi connectivity index (χ1) is 13.5. The number of hydrogen-bond donors (Lipinski definition) is 1. The van der Waals surface area contributed by atoms with Crippen LogP contribution < -0.4 is 14.8 Å². The van der Waals surface area contributed by atoms with Crippen LogP contribution in [0.5, 0.6) is 11.5 Å². The van der Waals surface area contributed by atoms with Crippen molar-refractivity contribution >= 4 is 33.0 Å². The molecule has 0 atom stereocenters. The van der Waals surface area contributed by atoms with Gasteiger partial charge in [-0.05, 0) is 37.1 Å². The molecule has 2 aromatic rings. The highest BCUT2D eigenvalue weighted by Crippen LogP contribution is 2.32. The molecule has 0 bridgehead atoms. The number of thiophene rings is 1. The van der Waals surface area contributed by atoms with Crippen LogP contribution in [0.15, 0.2) is 34.5 Å². The molecule has 3 heterocycles. The summed E-state index contributed by atoms with van der Waals surface area (Å²) >= 11 is 1.16. The fourth-order valence-electron chi connectivity index (χ4n) is 3.25. The van der Waals surface area contributed by atoms with Gasteiger partial charge >= 0.3 is 0 Å². The van der Waals surface area contributed by atoms with Gasteiger partial charge in [-0.15, -0.1) is 11.3 Å².